The van der Waals surface area contributed by atoms with Crippen LogP contribution in [0.25, 0.3) is 10.9 Å². The highest BCUT2D eigenvalue weighted by molar-refractivity contribution is 7.17. The average molecular weight is 445 g/mol. The zero-order valence-corrected chi connectivity index (χ0v) is 18.1. The summed E-state index contributed by atoms with van der Waals surface area (Å²) in [6.45, 7) is 1.85. The minimum atomic E-state index is -0.388. The van der Waals surface area contributed by atoms with E-state index in [0.717, 1.165) is 41.5 Å². The maximum atomic E-state index is 12.6. The predicted molar refractivity (Wildman–Crippen MR) is 118 cm³/mol. The van der Waals surface area contributed by atoms with Crippen LogP contribution in [0.2, 0.25) is 5.02 Å². The van der Waals surface area contributed by atoms with Gasteiger partial charge in [-0.3, -0.25) is 9.78 Å². The number of thiophene rings is 1. The molecule has 0 spiro atoms. The lowest BCUT2D eigenvalue weighted by atomic mass is 9.95. The largest absolute Gasteiger partial charge is 0.481 e. The molecule has 1 N–H and O–H groups in total. The van der Waals surface area contributed by atoms with Gasteiger partial charge in [-0.15, -0.1) is 11.3 Å². The molecule has 0 saturated carbocycles. The summed E-state index contributed by atoms with van der Waals surface area (Å²) in [5, 5.41) is 4.70. The van der Waals surface area contributed by atoms with E-state index in [0.29, 0.717) is 26.9 Å². The molecule has 0 fully saturated rings. The van der Waals surface area contributed by atoms with Crippen LogP contribution in [-0.4, -0.2) is 30.1 Å². The Morgan fingerprint density at radius 1 is 1.23 bits per heavy atom. The van der Waals surface area contributed by atoms with E-state index in [4.69, 9.17) is 21.1 Å². The van der Waals surface area contributed by atoms with Crippen LogP contribution in [-0.2, 0) is 22.4 Å². The zero-order valence-electron chi connectivity index (χ0n) is 16.5. The van der Waals surface area contributed by atoms with E-state index in [1.807, 2.05) is 6.07 Å². The fourth-order valence-corrected chi connectivity index (χ4v) is 5.12. The minimum Gasteiger partial charge on any atom is -0.481 e. The number of amides is 1. The van der Waals surface area contributed by atoms with Crippen molar-refractivity contribution < 1.29 is 19.1 Å². The fraction of sp³-hybridized carbons (Fsp3) is 0.318. The van der Waals surface area contributed by atoms with Gasteiger partial charge in [-0.1, -0.05) is 11.6 Å². The van der Waals surface area contributed by atoms with Crippen LogP contribution in [0.4, 0.5) is 5.00 Å². The number of aromatic nitrogens is 1. The first kappa shape index (κ1) is 20.6. The third-order valence-electron chi connectivity index (χ3n) is 4.94. The molecule has 30 heavy (non-hydrogen) atoms. The Balaban J connectivity index is 1.52. The van der Waals surface area contributed by atoms with Crippen LogP contribution in [0.15, 0.2) is 30.5 Å². The Hall–Kier alpha value is -2.64. The van der Waals surface area contributed by atoms with Crippen molar-refractivity contribution in [2.45, 2.75) is 32.6 Å². The van der Waals surface area contributed by atoms with E-state index in [1.165, 1.54) is 11.3 Å². The summed E-state index contributed by atoms with van der Waals surface area (Å²) in [7, 11) is 0. The number of carbonyl (C=O) groups excluding carboxylic acids is 2. The van der Waals surface area contributed by atoms with Gasteiger partial charge in [0.1, 0.15) is 16.3 Å². The van der Waals surface area contributed by atoms with Crippen molar-refractivity contribution in [3.05, 3.63) is 51.5 Å². The first-order valence-electron chi connectivity index (χ1n) is 9.86. The molecule has 1 aromatic carbocycles. The summed E-state index contributed by atoms with van der Waals surface area (Å²) < 4.78 is 10.9. The van der Waals surface area contributed by atoms with Gasteiger partial charge in [-0.05, 0) is 62.4 Å². The van der Waals surface area contributed by atoms with Gasteiger partial charge in [0.25, 0.3) is 5.91 Å². The molecule has 1 aliphatic rings. The number of pyridine rings is 1. The van der Waals surface area contributed by atoms with Gasteiger partial charge < -0.3 is 14.8 Å². The molecular weight excluding hydrogens is 424 g/mol. The lowest BCUT2D eigenvalue weighted by Crippen LogP contribution is -2.21. The number of nitrogens with zero attached hydrogens (tertiary/aromatic N) is 1. The number of halogens is 1. The summed E-state index contributed by atoms with van der Waals surface area (Å²) in [4.78, 5) is 30.6. The van der Waals surface area contributed by atoms with E-state index in [1.54, 1.807) is 31.3 Å². The number of nitrogens with one attached hydrogen (secondary N) is 1. The molecule has 0 unspecified atom stereocenters. The molecule has 0 atom stereocenters. The molecule has 156 valence electrons. The molecule has 0 saturated heterocycles. The summed E-state index contributed by atoms with van der Waals surface area (Å²) in [6.07, 6.45) is 5.51. The third kappa shape index (κ3) is 4.13. The maximum absolute atomic E-state index is 12.6. The van der Waals surface area contributed by atoms with Gasteiger partial charge in [0.15, 0.2) is 6.61 Å². The fourth-order valence-electron chi connectivity index (χ4n) is 3.61. The number of rotatable bonds is 6. The van der Waals surface area contributed by atoms with E-state index in [9.17, 15) is 9.59 Å². The summed E-state index contributed by atoms with van der Waals surface area (Å²) in [6, 6.07) is 7.05. The normalized spacial score (nSPS) is 13.0. The number of esters is 1. The van der Waals surface area contributed by atoms with Crippen molar-refractivity contribution >= 4 is 50.7 Å². The van der Waals surface area contributed by atoms with Crippen LogP contribution in [0, 0.1) is 0 Å². The van der Waals surface area contributed by atoms with Gasteiger partial charge in [-0.25, -0.2) is 4.79 Å². The molecule has 4 rings (SSSR count). The average Bonchev–Trinajstić information content (AvgIpc) is 3.11. The summed E-state index contributed by atoms with van der Waals surface area (Å²) in [5.74, 6) is -0.263. The minimum absolute atomic E-state index is 0.210. The second-order valence-corrected chi connectivity index (χ2v) is 8.43. The Morgan fingerprint density at radius 2 is 2.07 bits per heavy atom. The summed E-state index contributed by atoms with van der Waals surface area (Å²) >= 11 is 7.66. The van der Waals surface area contributed by atoms with E-state index < -0.39 is 0 Å². The second-order valence-electron chi connectivity index (χ2n) is 6.92. The van der Waals surface area contributed by atoms with Gasteiger partial charge in [-0.2, -0.15) is 0 Å². The van der Waals surface area contributed by atoms with E-state index in [2.05, 4.69) is 10.3 Å². The van der Waals surface area contributed by atoms with Crippen molar-refractivity contribution in [3.63, 3.8) is 0 Å². The van der Waals surface area contributed by atoms with Crippen molar-refractivity contribution in [2.75, 3.05) is 18.5 Å². The van der Waals surface area contributed by atoms with Gasteiger partial charge >= 0.3 is 5.97 Å². The van der Waals surface area contributed by atoms with Gasteiger partial charge in [0.2, 0.25) is 0 Å². The number of benzene rings is 1. The third-order valence-corrected chi connectivity index (χ3v) is 6.48. The number of aryl methyl sites for hydroxylation is 1. The Kier molecular flexibility index (Phi) is 6.20. The van der Waals surface area contributed by atoms with E-state index in [-0.39, 0.29) is 25.1 Å². The lowest BCUT2D eigenvalue weighted by molar-refractivity contribution is -0.118. The summed E-state index contributed by atoms with van der Waals surface area (Å²) in [5.41, 5.74) is 2.09. The van der Waals surface area contributed by atoms with Crippen molar-refractivity contribution in [2.24, 2.45) is 0 Å². The molecule has 0 radical (unpaired) electrons. The van der Waals surface area contributed by atoms with Crippen molar-refractivity contribution in [1.29, 1.82) is 0 Å². The van der Waals surface area contributed by atoms with Crippen LogP contribution in [0.3, 0.4) is 0 Å². The number of ether oxygens (including phenoxy) is 2. The number of carbonyl (C=O) groups is 2. The maximum Gasteiger partial charge on any atom is 0.341 e. The van der Waals surface area contributed by atoms with Crippen molar-refractivity contribution in [3.8, 4) is 5.75 Å². The lowest BCUT2D eigenvalue weighted by Gasteiger charge is -2.12. The first-order valence-corrected chi connectivity index (χ1v) is 11.1. The highest BCUT2D eigenvalue weighted by atomic mass is 35.5. The van der Waals surface area contributed by atoms with Crippen molar-refractivity contribution in [1.82, 2.24) is 4.98 Å². The first-order chi connectivity index (χ1) is 14.6. The van der Waals surface area contributed by atoms with Gasteiger partial charge in [0.05, 0.1) is 17.2 Å². The molecule has 2 heterocycles. The Bertz CT molecular complexity index is 1110. The molecule has 0 aliphatic heterocycles. The highest BCUT2D eigenvalue weighted by Gasteiger charge is 2.27. The molecular formula is C22H21ClN2O4S. The van der Waals surface area contributed by atoms with Crippen LogP contribution < -0.4 is 10.1 Å². The predicted octanol–water partition coefficient (Wildman–Crippen LogP) is 5.02. The number of fused-ring (bicyclic) bond motifs is 2. The standard InChI is InChI=1S/C22H21ClN2O4S/c1-2-28-22(27)19-14-6-3-4-8-17(14)30-21(19)25-18(26)12-29-16-10-9-15(23)13-7-5-11-24-20(13)16/h5,7,9-11H,2-4,6,8,12H2,1H3,(H,25,26). The molecule has 1 amide bonds. The molecule has 2 aromatic heterocycles. The Labute approximate surface area is 183 Å². The molecule has 6 nitrogen and oxygen atoms in total. The number of anilines is 1. The SMILES string of the molecule is CCOC(=O)c1c(NC(=O)COc2ccc(Cl)c3cccnc23)sc2c1CCCC2. The second kappa shape index (κ2) is 9.02. The van der Waals surface area contributed by atoms with Crippen LogP contribution in [0.1, 0.15) is 40.6 Å². The van der Waals surface area contributed by atoms with Crippen LogP contribution in [0.5, 0.6) is 5.75 Å². The monoisotopic (exact) mass is 444 g/mol. The molecule has 8 heteroatoms. The molecule has 1 aliphatic carbocycles. The number of hydrogen-bond acceptors (Lipinski definition) is 6. The zero-order chi connectivity index (χ0) is 21.1. The smallest absolute Gasteiger partial charge is 0.341 e. The van der Waals surface area contributed by atoms with Crippen LogP contribution >= 0.6 is 22.9 Å². The number of hydrogen-bond donors (Lipinski definition) is 1. The van der Waals surface area contributed by atoms with Gasteiger partial charge in [0, 0.05) is 16.5 Å². The topological polar surface area (TPSA) is 77.5 Å². The van der Waals surface area contributed by atoms with E-state index >= 15 is 0 Å². The quantitative estimate of drug-likeness (QED) is 0.540. The molecule has 0 bridgehead atoms. The Morgan fingerprint density at radius 3 is 2.90 bits per heavy atom. The molecule has 3 aromatic rings. The highest BCUT2D eigenvalue weighted by Crippen LogP contribution is 2.38.